The first kappa shape index (κ1) is 12.2. The van der Waals surface area contributed by atoms with Crippen LogP contribution in [0.25, 0.3) is 11.0 Å². The Morgan fingerprint density at radius 3 is 2.59 bits per heavy atom. The molecule has 0 N–H and O–H groups in total. The van der Waals surface area contributed by atoms with E-state index >= 15 is 0 Å². The van der Waals surface area contributed by atoms with Crippen molar-refractivity contribution >= 4 is 32.6 Å². The molecule has 0 spiro atoms. The summed E-state index contributed by atoms with van der Waals surface area (Å²) in [7, 11) is 0. The van der Waals surface area contributed by atoms with E-state index in [1.54, 1.807) is 6.07 Å². The van der Waals surface area contributed by atoms with Crippen molar-refractivity contribution in [2.45, 2.75) is 13.8 Å². The van der Waals surface area contributed by atoms with Crippen molar-refractivity contribution in [3.63, 3.8) is 0 Å². The van der Waals surface area contributed by atoms with E-state index in [9.17, 15) is 4.79 Å². The predicted molar refractivity (Wildman–Crippen MR) is 73.7 cm³/mol. The van der Waals surface area contributed by atoms with Crippen LogP contribution in [0.3, 0.4) is 0 Å². The molecule has 1 heterocycles. The summed E-state index contributed by atoms with van der Waals surface area (Å²) in [6.07, 6.45) is 0. The molecule has 1 aromatic heterocycles. The monoisotopic (exact) mass is 295 g/mol. The van der Waals surface area contributed by atoms with Gasteiger partial charge in [-0.3, -0.25) is 0 Å². The van der Waals surface area contributed by atoms with Gasteiger partial charge in [0, 0.05) is 30.2 Å². The van der Waals surface area contributed by atoms with Crippen LogP contribution in [-0.2, 0) is 0 Å². The molecule has 17 heavy (non-hydrogen) atoms. The fourth-order valence-corrected chi connectivity index (χ4v) is 2.19. The Morgan fingerprint density at radius 2 is 1.94 bits per heavy atom. The van der Waals surface area contributed by atoms with Gasteiger partial charge in [-0.05, 0) is 48.0 Å². The van der Waals surface area contributed by atoms with Crippen molar-refractivity contribution in [3.05, 3.63) is 39.2 Å². The second-order valence-corrected chi connectivity index (χ2v) is 4.63. The van der Waals surface area contributed by atoms with Gasteiger partial charge in [0.1, 0.15) is 10.1 Å². The molecule has 0 fully saturated rings. The van der Waals surface area contributed by atoms with E-state index < -0.39 is 0 Å². The fraction of sp³-hybridized carbons (Fsp3) is 0.308. The summed E-state index contributed by atoms with van der Waals surface area (Å²) in [5.74, 6) is 0. The quantitative estimate of drug-likeness (QED) is 0.814. The van der Waals surface area contributed by atoms with Crippen LogP contribution < -0.4 is 10.5 Å². The zero-order valence-corrected chi connectivity index (χ0v) is 11.5. The number of halogens is 1. The van der Waals surface area contributed by atoms with Crippen LogP contribution in [0.4, 0.5) is 5.69 Å². The molecule has 0 radical (unpaired) electrons. The van der Waals surface area contributed by atoms with E-state index in [-0.39, 0.29) is 5.63 Å². The molecule has 0 aliphatic carbocycles. The third-order valence-corrected chi connectivity index (χ3v) is 3.36. The number of hydrogen-bond donors (Lipinski definition) is 0. The molecule has 4 heteroatoms. The molecule has 0 bridgehead atoms. The highest BCUT2D eigenvalue weighted by atomic mass is 79.9. The smallest absolute Gasteiger partial charge is 0.350 e. The molecule has 0 unspecified atom stereocenters. The van der Waals surface area contributed by atoms with Crippen LogP contribution in [0.2, 0.25) is 0 Å². The van der Waals surface area contributed by atoms with E-state index in [1.165, 1.54) is 0 Å². The van der Waals surface area contributed by atoms with Crippen LogP contribution in [-0.4, -0.2) is 13.1 Å². The Balaban J connectivity index is 2.57. The predicted octanol–water partition coefficient (Wildman–Crippen LogP) is 3.40. The minimum Gasteiger partial charge on any atom is -0.422 e. The van der Waals surface area contributed by atoms with Crippen molar-refractivity contribution in [2.75, 3.05) is 18.0 Å². The van der Waals surface area contributed by atoms with Crippen LogP contribution in [0.5, 0.6) is 0 Å². The normalized spacial score (nSPS) is 10.8. The first-order valence-electron chi connectivity index (χ1n) is 5.64. The Hall–Kier alpha value is -1.29. The van der Waals surface area contributed by atoms with Gasteiger partial charge in [0.2, 0.25) is 0 Å². The van der Waals surface area contributed by atoms with Gasteiger partial charge in [-0.1, -0.05) is 0 Å². The zero-order chi connectivity index (χ0) is 12.4. The molecule has 0 amide bonds. The van der Waals surface area contributed by atoms with Crippen LogP contribution >= 0.6 is 15.9 Å². The summed E-state index contributed by atoms with van der Waals surface area (Å²) < 4.78 is 5.70. The number of nitrogens with zero attached hydrogens (tertiary/aromatic N) is 1. The van der Waals surface area contributed by atoms with Crippen molar-refractivity contribution in [3.8, 4) is 0 Å². The summed E-state index contributed by atoms with van der Waals surface area (Å²) >= 11 is 3.17. The van der Waals surface area contributed by atoms with E-state index in [0.717, 1.165) is 24.2 Å². The molecule has 0 saturated heterocycles. The minimum atomic E-state index is -0.339. The van der Waals surface area contributed by atoms with Crippen molar-refractivity contribution in [2.24, 2.45) is 0 Å². The molecule has 2 aromatic rings. The van der Waals surface area contributed by atoms with Crippen molar-refractivity contribution < 1.29 is 4.42 Å². The lowest BCUT2D eigenvalue weighted by atomic mass is 10.2. The standard InChI is InChI=1S/C13H14BrNO2/c1-3-15(4-2)10-6-5-9-7-11(14)13(16)17-12(9)8-10/h5-8H,3-4H2,1-2H3. The molecule has 90 valence electrons. The first-order valence-corrected chi connectivity index (χ1v) is 6.43. The summed E-state index contributed by atoms with van der Waals surface area (Å²) in [5.41, 5.74) is 1.37. The molecule has 1 aromatic carbocycles. The molecule has 0 aliphatic heterocycles. The number of hydrogen-bond acceptors (Lipinski definition) is 3. The van der Waals surface area contributed by atoms with E-state index in [2.05, 4.69) is 34.7 Å². The number of fused-ring (bicyclic) bond motifs is 1. The van der Waals surface area contributed by atoms with Crippen LogP contribution in [0.15, 0.2) is 37.9 Å². The lowest BCUT2D eigenvalue weighted by Gasteiger charge is -2.20. The third-order valence-electron chi connectivity index (χ3n) is 2.81. The van der Waals surface area contributed by atoms with Crippen LogP contribution in [0.1, 0.15) is 13.8 Å². The number of rotatable bonds is 3. The Labute approximate surface area is 108 Å². The SMILES string of the molecule is CCN(CC)c1ccc2cc(Br)c(=O)oc2c1. The van der Waals surface area contributed by atoms with Gasteiger partial charge in [0.25, 0.3) is 0 Å². The fourth-order valence-electron chi connectivity index (χ4n) is 1.86. The molecule has 0 saturated carbocycles. The topological polar surface area (TPSA) is 33.5 Å². The van der Waals surface area contributed by atoms with Gasteiger partial charge in [-0.15, -0.1) is 0 Å². The maximum absolute atomic E-state index is 11.4. The van der Waals surface area contributed by atoms with Gasteiger partial charge in [0.15, 0.2) is 0 Å². The Kier molecular flexibility index (Phi) is 3.52. The van der Waals surface area contributed by atoms with Gasteiger partial charge in [-0.2, -0.15) is 0 Å². The van der Waals surface area contributed by atoms with Gasteiger partial charge < -0.3 is 9.32 Å². The molecule has 2 rings (SSSR count). The van der Waals surface area contributed by atoms with E-state index in [1.807, 2.05) is 18.2 Å². The minimum absolute atomic E-state index is 0.339. The maximum atomic E-state index is 11.4. The number of anilines is 1. The molecular weight excluding hydrogens is 282 g/mol. The average Bonchev–Trinajstić information content (AvgIpc) is 2.32. The highest BCUT2D eigenvalue weighted by molar-refractivity contribution is 9.10. The molecule has 3 nitrogen and oxygen atoms in total. The number of benzene rings is 1. The van der Waals surface area contributed by atoms with Crippen molar-refractivity contribution in [1.29, 1.82) is 0 Å². The first-order chi connectivity index (χ1) is 8.15. The highest BCUT2D eigenvalue weighted by Gasteiger charge is 2.06. The van der Waals surface area contributed by atoms with E-state index in [4.69, 9.17) is 4.42 Å². The maximum Gasteiger partial charge on any atom is 0.350 e. The summed E-state index contributed by atoms with van der Waals surface area (Å²) in [6, 6.07) is 7.71. The molecule has 0 aliphatic rings. The zero-order valence-electron chi connectivity index (χ0n) is 9.87. The average molecular weight is 296 g/mol. The second-order valence-electron chi connectivity index (χ2n) is 3.78. The van der Waals surface area contributed by atoms with E-state index in [0.29, 0.717) is 10.1 Å². The van der Waals surface area contributed by atoms with Gasteiger partial charge in [0.05, 0.1) is 0 Å². The van der Waals surface area contributed by atoms with Crippen molar-refractivity contribution in [1.82, 2.24) is 0 Å². The van der Waals surface area contributed by atoms with Gasteiger partial charge >= 0.3 is 5.63 Å². The summed E-state index contributed by atoms with van der Waals surface area (Å²) in [4.78, 5) is 13.6. The Morgan fingerprint density at radius 1 is 1.24 bits per heavy atom. The largest absolute Gasteiger partial charge is 0.422 e. The second kappa shape index (κ2) is 4.92. The van der Waals surface area contributed by atoms with Crippen LogP contribution in [0, 0.1) is 0 Å². The molecular formula is C13H14BrNO2. The Bertz CT molecular complexity index is 587. The molecule has 0 atom stereocenters. The lowest BCUT2D eigenvalue weighted by Crippen LogP contribution is -2.21. The lowest BCUT2D eigenvalue weighted by molar-refractivity contribution is 0.556. The third kappa shape index (κ3) is 2.36. The highest BCUT2D eigenvalue weighted by Crippen LogP contribution is 2.22. The van der Waals surface area contributed by atoms with Gasteiger partial charge in [-0.25, -0.2) is 4.79 Å². The summed E-state index contributed by atoms with van der Waals surface area (Å²) in [6.45, 7) is 6.07. The summed E-state index contributed by atoms with van der Waals surface area (Å²) in [5, 5.41) is 0.924.